The average molecular weight is 808 g/mol. The molecular weight excluding hydrogens is 761 g/mol. The Morgan fingerprint density at radius 1 is 0.554 bits per heavy atom. The van der Waals surface area contributed by atoms with Gasteiger partial charge in [-0.25, -0.2) is 13.2 Å². The quantitative estimate of drug-likeness (QED) is 0.00954. The molecule has 0 aliphatic heterocycles. The Morgan fingerprint density at radius 2 is 1.02 bits per heavy atom. The molecule has 24 heteroatoms. The van der Waals surface area contributed by atoms with Crippen molar-refractivity contribution in [1.82, 2.24) is 10.6 Å². The van der Waals surface area contributed by atoms with Crippen molar-refractivity contribution in [2.24, 2.45) is 15.3 Å². The minimum absolute atomic E-state index is 0.0194. The first-order chi connectivity index (χ1) is 27.1. The van der Waals surface area contributed by atoms with Crippen LogP contribution < -0.4 is 15.4 Å². The summed E-state index contributed by atoms with van der Waals surface area (Å²) in [5.41, 5.74) is 25.4. The number of nitrogens with zero attached hydrogens (tertiary/aromatic N) is 9. The molecule has 2 amide bonds. The van der Waals surface area contributed by atoms with Crippen molar-refractivity contribution >= 4 is 17.8 Å². The summed E-state index contributed by atoms with van der Waals surface area (Å²) in [6.07, 6.45) is 3.44. The van der Waals surface area contributed by atoms with Crippen LogP contribution in [0.5, 0.6) is 5.75 Å². The molecule has 19 nitrogen and oxygen atoms in total. The van der Waals surface area contributed by atoms with Gasteiger partial charge in [-0.05, 0) is 55.1 Å². The van der Waals surface area contributed by atoms with E-state index in [0.29, 0.717) is 57.9 Å². The van der Waals surface area contributed by atoms with Gasteiger partial charge in [0.2, 0.25) is 46.6 Å². The molecule has 312 valence electrons. The van der Waals surface area contributed by atoms with Crippen LogP contribution in [0.4, 0.5) is 22.0 Å². The van der Waals surface area contributed by atoms with Crippen LogP contribution in [0.15, 0.2) is 15.3 Å². The molecule has 0 bridgehead atoms. The number of unbranched alkanes of at least 4 members (excludes halogenated alkanes) is 2. The molecule has 1 aromatic carbocycles. The number of esters is 1. The van der Waals surface area contributed by atoms with Gasteiger partial charge in [0.25, 0.3) is 0 Å². The molecule has 1 aromatic rings. The van der Waals surface area contributed by atoms with Crippen LogP contribution in [0.1, 0.15) is 64.2 Å². The summed E-state index contributed by atoms with van der Waals surface area (Å²) in [7, 11) is 0. The summed E-state index contributed by atoms with van der Waals surface area (Å²) in [4.78, 5) is 45.6. The molecule has 2 atom stereocenters. The number of nitrogens with one attached hydrogen (secondary N) is 2. The van der Waals surface area contributed by atoms with Crippen LogP contribution >= 0.6 is 0 Å². The van der Waals surface area contributed by atoms with Crippen LogP contribution in [0.2, 0.25) is 0 Å². The first kappa shape index (κ1) is 49.1. The predicted octanol–water partition coefficient (Wildman–Crippen LogP) is 6.16. The smallest absolute Gasteiger partial charge is 0.313 e. The lowest BCUT2D eigenvalue weighted by molar-refractivity contribution is -0.136. The molecule has 0 saturated heterocycles. The predicted molar refractivity (Wildman–Crippen MR) is 187 cm³/mol. The number of hydrogen-bond acceptors (Lipinski definition) is 11. The Kier molecular flexibility index (Phi) is 27.4. The fourth-order valence-corrected chi connectivity index (χ4v) is 4.66. The van der Waals surface area contributed by atoms with Crippen molar-refractivity contribution < 1.29 is 60.0 Å². The second-order valence-corrected chi connectivity index (χ2v) is 11.6. The number of carbonyl (C=O) groups is 3. The number of halogens is 5. The topological polar surface area (TPSA) is 268 Å². The zero-order chi connectivity index (χ0) is 41.4. The number of azide groups is 3. The summed E-state index contributed by atoms with van der Waals surface area (Å²) in [6.45, 7) is 1.68. The van der Waals surface area contributed by atoms with Crippen LogP contribution in [-0.4, -0.2) is 102 Å². The number of benzene rings is 1. The number of carbonyl (C=O) groups excluding carboxylic acids is 3. The molecule has 0 saturated carbocycles. The Morgan fingerprint density at radius 3 is 1.55 bits per heavy atom. The summed E-state index contributed by atoms with van der Waals surface area (Å²) in [5, 5.41) is 16.1. The van der Waals surface area contributed by atoms with E-state index in [1.54, 1.807) is 0 Å². The third-order valence-electron chi connectivity index (χ3n) is 7.47. The molecule has 2 N–H and O–H groups in total. The highest BCUT2D eigenvalue weighted by Gasteiger charge is 2.28. The highest BCUT2D eigenvalue weighted by Crippen LogP contribution is 2.29. The van der Waals surface area contributed by atoms with Gasteiger partial charge in [0, 0.05) is 53.4 Å². The lowest BCUT2D eigenvalue weighted by Gasteiger charge is -2.24. The van der Waals surface area contributed by atoms with Crippen molar-refractivity contribution in [3.05, 3.63) is 60.4 Å². The SMILES string of the molecule is [N-]=[N+]=NCCCC[C@@H](CCOCCOCCOCCOCCC(=O)Oc1c(F)c(F)c(F)c(F)c1F)NC(=O)[C@H](CCCCN=[N+]=[N-])NC(=O)CCCN=[N+]=[N-]. The third-order valence-corrected chi connectivity index (χ3v) is 7.47. The van der Waals surface area contributed by atoms with Gasteiger partial charge in [-0.3, -0.25) is 14.4 Å². The first-order valence-electron chi connectivity index (χ1n) is 17.7. The minimum Gasteiger partial charge on any atom is -0.420 e. The van der Waals surface area contributed by atoms with Gasteiger partial charge in [-0.15, -0.1) is 0 Å². The number of rotatable bonds is 33. The van der Waals surface area contributed by atoms with Crippen LogP contribution in [0.3, 0.4) is 0 Å². The van der Waals surface area contributed by atoms with Crippen LogP contribution in [0.25, 0.3) is 31.3 Å². The lowest BCUT2D eigenvalue weighted by Crippen LogP contribution is -2.50. The minimum atomic E-state index is -2.37. The lowest BCUT2D eigenvalue weighted by atomic mass is 10.0. The zero-order valence-electron chi connectivity index (χ0n) is 30.7. The van der Waals surface area contributed by atoms with Gasteiger partial charge in [-0.2, -0.15) is 8.78 Å². The average Bonchev–Trinajstić information content (AvgIpc) is 3.18. The van der Waals surface area contributed by atoms with Gasteiger partial charge in [0.15, 0.2) is 0 Å². The van der Waals surface area contributed by atoms with Crippen molar-refractivity contribution in [2.75, 3.05) is 72.5 Å². The summed E-state index contributed by atoms with van der Waals surface area (Å²) in [5.74, 6) is -15.1. The highest BCUT2D eigenvalue weighted by molar-refractivity contribution is 5.87. The van der Waals surface area contributed by atoms with E-state index in [-0.39, 0.29) is 90.2 Å². The Bertz CT molecular complexity index is 1480. The van der Waals surface area contributed by atoms with E-state index in [1.165, 1.54) is 0 Å². The Labute approximate surface area is 318 Å². The Balaban J connectivity index is 2.38. The Hall–Kier alpha value is -4.95. The fraction of sp³-hybridized carbons (Fsp3) is 0.719. The van der Waals surface area contributed by atoms with E-state index in [0.717, 1.165) is 0 Å². The molecule has 0 aliphatic carbocycles. The molecule has 0 radical (unpaired) electrons. The van der Waals surface area contributed by atoms with E-state index in [4.69, 9.17) is 35.5 Å². The monoisotopic (exact) mass is 807 g/mol. The largest absolute Gasteiger partial charge is 0.420 e. The summed E-state index contributed by atoms with van der Waals surface area (Å²) in [6, 6.07) is -1.17. The van der Waals surface area contributed by atoms with E-state index < -0.39 is 53.3 Å². The molecule has 0 heterocycles. The molecule has 0 aromatic heterocycles. The molecule has 56 heavy (non-hydrogen) atoms. The number of ether oxygens (including phenoxy) is 5. The van der Waals surface area contributed by atoms with Gasteiger partial charge < -0.3 is 34.3 Å². The van der Waals surface area contributed by atoms with Crippen molar-refractivity contribution in [2.45, 2.75) is 76.3 Å². The van der Waals surface area contributed by atoms with Gasteiger partial charge in [-0.1, -0.05) is 28.2 Å². The van der Waals surface area contributed by atoms with E-state index in [9.17, 15) is 36.3 Å². The molecule has 0 spiro atoms. The second-order valence-electron chi connectivity index (χ2n) is 11.6. The number of hydrogen-bond donors (Lipinski definition) is 2. The van der Waals surface area contributed by atoms with E-state index >= 15 is 0 Å². The molecule has 0 fully saturated rings. The van der Waals surface area contributed by atoms with Gasteiger partial charge in [0.1, 0.15) is 6.04 Å². The number of amides is 2. The van der Waals surface area contributed by atoms with E-state index in [2.05, 4.69) is 45.4 Å². The molecule has 0 aliphatic rings. The molecular formula is C32H46F5N11O8. The first-order valence-corrected chi connectivity index (χ1v) is 17.7. The zero-order valence-corrected chi connectivity index (χ0v) is 30.7. The van der Waals surface area contributed by atoms with Crippen molar-refractivity contribution in [3.8, 4) is 5.75 Å². The van der Waals surface area contributed by atoms with Gasteiger partial charge in [0.05, 0.1) is 52.7 Å². The summed E-state index contributed by atoms with van der Waals surface area (Å²) < 4.78 is 92.6. The van der Waals surface area contributed by atoms with Crippen molar-refractivity contribution in [1.29, 1.82) is 0 Å². The standard InChI is InChI=1S/C32H46F5N11O8/c33-26-27(34)29(36)31(30(37)28(26)35)56-25(50)10-15-53-17-19-55-21-20-54-18-16-52-14-9-22(6-1-3-11-41-46-38)44-32(51)23(7-2-4-12-42-47-39)45-24(49)8-5-13-43-48-40/h22-23H,1-21H2,(H,44,51)(H,45,49)/t22-,23-/m0/s1. The highest BCUT2D eigenvalue weighted by atomic mass is 19.2. The molecule has 0 unspecified atom stereocenters. The maximum Gasteiger partial charge on any atom is 0.313 e. The fourth-order valence-electron chi connectivity index (χ4n) is 4.66. The third kappa shape index (κ3) is 21.8. The molecule has 1 rings (SSSR count). The summed E-state index contributed by atoms with van der Waals surface area (Å²) >= 11 is 0. The normalized spacial score (nSPS) is 11.7. The van der Waals surface area contributed by atoms with Crippen molar-refractivity contribution in [3.63, 3.8) is 0 Å². The van der Waals surface area contributed by atoms with E-state index in [1.807, 2.05) is 0 Å². The maximum atomic E-state index is 13.6. The second kappa shape index (κ2) is 31.3. The van der Waals surface area contributed by atoms with Crippen LogP contribution in [-0.2, 0) is 33.3 Å². The van der Waals surface area contributed by atoms with Gasteiger partial charge >= 0.3 is 5.97 Å². The van der Waals surface area contributed by atoms with Crippen LogP contribution in [0, 0.1) is 29.1 Å². The maximum absolute atomic E-state index is 13.6.